The van der Waals surface area contributed by atoms with Crippen molar-refractivity contribution in [3.8, 4) is 11.5 Å². The van der Waals surface area contributed by atoms with E-state index in [9.17, 15) is 9.59 Å². The van der Waals surface area contributed by atoms with Crippen molar-refractivity contribution < 1.29 is 19.0 Å². The molecule has 0 fully saturated rings. The average Bonchev–Trinajstić information content (AvgIpc) is 3.13. The lowest BCUT2D eigenvalue weighted by Gasteiger charge is -2.24. The fourth-order valence-corrected chi connectivity index (χ4v) is 5.00. The van der Waals surface area contributed by atoms with Gasteiger partial charge in [-0.3, -0.25) is 9.36 Å². The molecule has 0 bridgehead atoms. The lowest BCUT2D eigenvalue weighted by molar-refractivity contribution is -0.139. The highest BCUT2D eigenvalue weighted by atomic mass is 32.1. The maximum Gasteiger partial charge on any atom is 0.338 e. The standard InChI is InChI=1S/C26H26N2O5S/c1-6-33-25(30)22-16(3)27-26-28(23(22)18-10-7-15(2)8-11-18)24(29)21(34-26)14-17-9-12-19(31-4)20(13-17)32-5/h7-14,23H,6H2,1-5H3/b21-14+. The molecule has 3 aromatic rings. The summed E-state index contributed by atoms with van der Waals surface area (Å²) in [6, 6.07) is 12.6. The maximum absolute atomic E-state index is 13.6. The van der Waals surface area contributed by atoms with Gasteiger partial charge in [0.1, 0.15) is 0 Å². The fourth-order valence-electron chi connectivity index (χ4n) is 3.95. The molecule has 1 atom stereocenters. The van der Waals surface area contributed by atoms with Crippen LogP contribution in [-0.4, -0.2) is 31.4 Å². The number of benzene rings is 2. The molecule has 7 nitrogen and oxygen atoms in total. The van der Waals surface area contributed by atoms with Gasteiger partial charge in [-0.2, -0.15) is 0 Å². The van der Waals surface area contributed by atoms with Crippen LogP contribution in [0.25, 0.3) is 6.08 Å². The van der Waals surface area contributed by atoms with E-state index in [-0.39, 0.29) is 12.2 Å². The van der Waals surface area contributed by atoms with Crippen LogP contribution in [0.15, 0.2) is 63.5 Å². The Morgan fingerprint density at radius 2 is 1.79 bits per heavy atom. The van der Waals surface area contributed by atoms with Gasteiger partial charge in [0, 0.05) is 0 Å². The number of esters is 1. The first kappa shape index (κ1) is 23.5. The number of aromatic nitrogens is 1. The SMILES string of the molecule is CCOC(=O)C1=C(C)N=c2s/c(=C/c3ccc(OC)c(OC)c3)c(=O)n2C1c1ccc(C)cc1. The molecule has 1 aliphatic heterocycles. The summed E-state index contributed by atoms with van der Waals surface area (Å²) in [4.78, 5) is 31.7. The van der Waals surface area contributed by atoms with Gasteiger partial charge in [0.25, 0.3) is 5.56 Å². The number of rotatable bonds is 6. The summed E-state index contributed by atoms with van der Waals surface area (Å²) in [6.45, 7) is 5.76. The molecule has 0 aliphatic carbocycles. The molecule has 0 saturated carbocycles. The van der Waals surface area contributed by atoms with Crippen molar-refractivity contribution in [1.29, 1.82) is 0 Å². The van der Waals surface area contributed by atoms with E-state index in [1.165, 1.54) is 11.3 Å². The van der Waals surface area contributed by atoms with Gasteiger partial charge in [0.15, 0.2) is 16.3 Å². The number of nitrogens with zero attached hydrogens (tertiary/aromatic N) is 2. The number of carbonyl (C=O) groups is 1. The highest BCUT2D eigenvalue weighted by Crippen LogP contribution is 2.31. The number of hydrogen-bond acceptors (Lipinski definition) is 7. The molecule has 0 radical (unpaired) electrons. The molecule has 176 valence electrons. The highest BCUT2D eigenvalue weighted by molar-refractivity contribution is 7.07. The lowest BCUT2D eigenvalue weighted by atomic mass is 9.95. The Hall–Kier alpha value is -3.65. The summed E-state index contributed by atoms with van der Waals surface area (Å²) >= 11 is 1.28. The zero-order chi connectivity index (χ0) is 24.4. The van der Waals surface area contributed by atoms with E-state index in [0.717, 1.165) is 16.7 Å². The van der Waals surface area contributed by atoms with Crippen molar-refractivity contribution in [3.63, 3.8) is 0 Å². The van der Waals surface area contributed by atoms with Crippen LogP contribution < -0.4 is 24.4 Å². The molecule has 4 rings (SSSR count). The second-order valence-corrected chi connectivity index (χ2v) is 8.84. The molecule has 1 unspecified atom stereocenters. The van der Waals surface area contributed by atoms with E-state index < -0.39 is 12.0 Å². The number of methoxy groups -OCH3 is 2. The van der Waals surface area contributed by atoms with Crippen molar-refractivity contribution in [3.05, 3.63) is 90.1 Å². The smallest absolute Gasteiger partial charge is 0.338 e. The van der Waals surface area contributed by atoms with Gasteiger partial charge in [-0.05, 0) is 50.1 Å². The fraction of sp³-hybridized carbons (Fsp3) is 0.269. The summed E-state index contributed by atoms with van der Waals surface area (Å²) in [7, 11) is 3.14. The third-order valence-electron chi connectivity index (χ3n) is 5.62. The van der Waals surface area contributed by atoms with Crippen molar-refractivity contribution in [2.24, 2.45) is 4.99 Å². The summed E-state index contributed by atoms with van der Waals surface area (Å²) in [5.41, 5.74) is 3.39. The van der Waals surface area contributed by atoms with Crippen molar-refractivity contribution in [1.82, 2.24) is 4.57 Å². The topological polar surface area (TPSA) is 79.1 Å². The van der Waals surface area contributed by atoms with Gasteiger partial charge in [0.05, 0.1) is 42.7 Å². The van der Waals surface area contributed by atoms with E-state index in [2.05, 4.69) is 4.99 Å². The predicted octanol–water partition coefficient (Wildman–Crippen LogP) is 3.12. The van der Waals surface area contributed by atoms with Gasteiger partial charge in [-0.1, -0.05) is 47.2 Å². The molecule has 8 heteroatoms. The first-order valence-corrected chi connectivity index (χ1v) is 11.7. The Morgan fingerprint density at radius 1 is 1.09 bits per heavy atom. The van der Waals surface area contributed by atoms with Crippen LogP contribution in [0.4, 0.5) is 0 Å². The van der Waals surface area contributed by atoms with Crippen molar-refractivity contribution in [2.45, 2.75) is 26.8 Å². The van der Waals surface area contributed by atoms with Gasteiger partial charge in [-0.15, -0.1) is 0 Å². The Balaban J connectivity index is 1.92. The minimum atomic E-state index is -0.622. The predicted molar refractivity (Wildman–Crippen MR) is 131 cm³/mol. The van der Waals surface area contributed by atoms with Crippen LogP contribution in [0.3, 0.4) is 0 Å². The third kappa shape index (κ3) is 4.28. The molecular formula is C26H26N2O5S. The molecule has 0 saturated heterocycles. The lowest BCUT2D eigenvalue weighted by Crippen LogP contribution is -2.39. The van der Waals surface area contributed by atoms with E-state index in [1.807, 2.05) is 43.3 Å². The average molecular weight is 479 g/mol. The summed E-state index contributed by atoms with van der Waals surface area (Å²) in [5.74, 6) is 0.709. The number of ether oxygens (including phenoxy) is 3. The van der Waals surface area contributed by atoms with Crippen molar-refractivity contribution >= 4 is 23.4 Å². The molecule has 2 heterocycles. The van der Waals surface area contributed by atoms with Crippen LogP contribution in [0.5, 0.6) is 11.5 Å². The molecule has 1 aliphatic rings. The normalized spacial score (nSPS) is 15.6. The molecule has 2 aromatic carbocycles. The number of fused-ring (bicyclic) bond motifs is 1. The number of aryl methyl sites for hydroxylation is 1. The molecule has 34 heavy (non-hydrogen) atoms. The first-order valence-electron chi connectivity index (χ1n) is 10.9. The van der Waals surface area contributed by atoms with Crippen molar-refractivity contribution in [2.75, 3.05) is 20.8 Å². The van der Waals surface area contributed by atoms with Gasteiger partial charge in [0.2, 0.25) is 0 Å². The Morgan fingerprint density at radius 3 is 2.44 bits per heavy atom. The third-order valence-corrected chi connectivity index (χ3v) is 6.60. The van der Waals surface area contributed by atoms with Gasteiger partial charge >= 0.3 is 5.97 Å². The number of allylic oxidation sites excluding steroid dienone is 1. The summed E-state index contributed by atoms with van der Waals surface area (Å²) in [5, 5.41) is 0. The van der Waals surface area contributed by atoms with E-state index in [1.54, 1.807) is 44.8 Å². The Kier molecular flexibility index (Phi) is 6.70. The Labute approximate surface area is 201 Å². The zero-order valence-corrected chi connectivity index (χ0v) is 20.6. The number of hydrogen-bond donors (Lipinski definition) is 0. The largest absolute Gasteiger partial charge is 0.493 e. The van der Waals surface area contributed by atoms with Crippen LogP contribution >= 0.6 is 11.3 Å². The number of carbonyl (C=O) groups excluding carboxylic acids is 1. The van der Waals surface area contributed by atoms with E-state index >= 15 is 0 Å². The minimum absolute atomic E-state index is 0.224. The summed E-state index contributed by atoms with van der Waals surface area (Å²) < 4.78 is 18.1. The molecule has 1 aromatic heterocycles. The van der Waals surface area contributed by atoms with Crippen LogP contribution in [0.2, 0.25) is 0 Å². The molecule has 0 amide bonds. The molecule has 0 spiro atoms. The molecular weight excluding hydrogens is 452 g/mol. The van der Waals surface area contributed by atoms with E-state index in [4.69, 9.17) is 14.2 Å². The van der Waals surface area contributed by atoms with Crippen LogP contribution in [0.1, 0.15) is 36.6 Å². The maximum atomic E-state index is 13.6. The second-order valence-electron chi connectivity index (χ2n) is 7.83. The monoisotopic (exact) mass is 478 g/mol. The van der Waals surface area contributed by atoms with Crippen LogP contribution in [-0.2, 0) is 9.53 Å². The molecule has 0 N–H and O–H groups in total. The minimum Gasteiger partial charge on any atom is -0.493 e. The number of thiazole rings is 1. The van der Waals surface area contributed by atoms with Gasteiger partial charge in [-0.25, -0.2) is 9.79 Å². The second kappa shape index (κ2) is 9.69. The zero-order valence-electron chi connectivity index (χ0n) is 19.7. The van der Waals surface area contributed by atoms with Gasteiger partial charge < -0.3 is 14.2 Å². The quantitative estimate of drug-likeness (QED) is 0.509. The first-order chi connectivity index (χ1) is 16.4. The summed E-state index contributed by atoms with van der Waals surface area (Å²) in [6.07, 6.45) is 1.79. The van der Waals surface area contributed by atoms with E-state index in [0.29, 0.717) is 32.1 Å². The Bertz CT molecular complexity index is 1450. The van der Waals surface area contributed by atoms with Crippen LogP contribution in [0, 0.1) is 6.92 Å². The highest BCUT2D eigenvalue weighted by Gasteiger charge is 2.33.